The molecule has 98 valence electrons. The van der Waals surface area contributed by atoms with Crippen LogP contribution in [0.2, 0.25) is 0 Å². The van der Waals surface area contributed by atoms with Gasteiger partial charge in [0.2, 0.25) is 0 Å². The molecule has 1 aliphatic carbocycles. The number of aromatic amines is 1. The molecule has 0 saturated heterocycles. The van der Waals surface area contributed by atoms with Gasteiger partial charge in [-0.3, -0.25) is 4.79 Å². The lowest BCUT2D eigenvalue weighted by Crippen LogP contribution is -2.20. The van der Waals surface area contributed by atoms with Crippen molar-refractivity contribution in [2.75, 3.05) is 5.32 Å². The van der Waals surface area contributed by atoms with Gasteiger partial charge >= 0.3 is 0 Å². The molecule has 1 atom stereocenters. The van der Waals surface area contributed by atoms with Crippen LogP contribution in [0.4, 0.5) is 5.82 Å². The average molecular weight is 320 g/mol. The molecule has 0 bridgehead atoms. The Morgan fingerprint density at radius 3 is 3.11 bits per heavy atom. The molecule has 4 nitrogen and oxygen atoms in total. The summed E-state index contributed by atoms with van der Waals surface area (Å²) < 4.78 is 0.457. The summed E-state index contributed by atoms with van der Waals surface area (Å²) >= 11 is 3.28. The van der Waals surface area contributed by atoms with Gasteiger partial charge in [-0.2, -0.15) is 0 Å². The van der Waals surface area contributed by atoms with Crippen molar-refractivity contribution in [1.82, 2.24) is 9.97 Å². The number of benzene rings is 1. The molecule has 5 heteroatoms. The third-order valence-corrected chi connectivity index (χ3v) is 4.21. The molecule has 0 amide bonds. The van der Waals surface area contributed by atoms with Crippen LogP contribution in [0, 0.1) is 0 Å². The first-order chi connectivity index (χ1) is 9.25. The molecule has 1 heterocycles. The molecule has 0 radical (unpaired) electrons. The van der Waals surface area contributed by atoms with E-state index in [1.807, 2.05) is 0 Å². The number of hydrogen-bond donors (Lipinski definition) is 2. The van der Waals surface area contributed by atoms with Gasteiger partial charge in [0.1, 0.15) is 10.3 Å². The van der Waals surface area contributed by atoms with Crippen LogP contribution in [0.15, 0.2) is 39.9 Å². The van der Waals surface area contributed by atoms with Crippen LogP contribution in [0.1, 0.15) is 30.0 Å². The molecule has 0 saturated carbocycles. The summed E-state index contributed by atoms with van der Waals surface area (Å²) in [5.74, 6) is 0.602. The lowest BCUT2D eigenvalue weighted by Gasteiger charge is -2.26. The number of anilines is 1. The van der Waals surface area contributed by atoms with Crippen molar-refractivity contribution < 1.29 is 0 Å². The summed E-state index contributed by atoms with van der Waals surface area (Å²) in [6, 6.07) is 8.66. The summed E-state index contributed by atoms with van der Waals surface area (Å²) in [6.07, 6.45) is 4.75. The Kier molecular flexibility index (Phi) is 3.38. The van der Waals surface area contributed by atoms with Gasteiger partial charge in [-0.1, -0.05) is 24.3 Å². The van der Waals surface area contributed by atoms with E-state index in [2.05, 4.69) is 55.5 Å². The molecule has 1 unspecified atom stereocenters. The molecule has 19 heavy (non-hydrogen) atoms. The second-order valence-corrected chi connectivity index (χ2v) is 5.48. The zero-order valence-corrected chi connectivity index (χ0v) is 11.9. The maximum Gasteiger partial charge on any atom is 0.267 e. The zero-order valence-electron chi connectivity index (χ0n) is 10.3. The summed E-state index contributed by atoms with van der Waals surface area (Å²) in [5.41, 5.74) is 2.52. The average Bonchev–Trinajstić information content (AvgIpc) is 2.44. The van der Waals surface area contributed by atoms with Crippen LogP contribution >= 0.6 is 15.9 Å². The lowest BCUT2D eigenvalue weighted by molar-refractivity contribution is 0.598. The highest BCUT2D eigenvalue weighted by Gasteiger charge is 2.20. The van der Waals surface area contributed by atoms with Crippen molar-refractivity contribution in [3.05, 3.63) is 56.5 Å². The molecule has 0 aliphatic heterocycles. The highest BCUT2D eigenvalue weighted by atomic mass is 79.9. The molecule has 2 N–H and O–H groups in total. The minimum atomic E-state index is -0.165. The molecule has 0 fully saturated rings. The van der Waals surface area contributed by atoms with E-state index >= 15 is 0 Å². The molecule has 1 aromatic carbocycles. The second-order valence-electron chi connectivity index (χ2n) is 4.68. The second kappa shape index (κ2) is 5.17. The van der Waals surface area contributed by atoms with Crippen LogP contribution in [0.25, 0.3) is 0 Å². The fourth-order valence-corrected chi connectivity index (χ4v) is 2.88. The third kappa shape index (κ3) is 2.42. The van der Waals surface area contributed by atoms with Gasteiger partial charge in [-0.15, -0.1) is 0 Å². The summed E-state index contributed by atoms with van der Waals surface area (Å²) in [6.45, 7) is 0. The molecule has 1 aromatic heterocycles. The van der Waals surface area contributed by atoms with E-state index in [1.54, 1.807) is 0 Å². The lowest BCUT2D eigenvalue weighted by atomic mass is 9.88. The molecule has 1 aliphatic rings. The Morgan fingerprint density at radius 2 is 2.21 bits per heavy atom. The number of halogens is 1. The highest BCUT2D eigenvalue weighted by molar-refractivity contribution is 9.10. The molecule has 3 rings (SSSR count). The van der Waals surface area contributed by atoms with Crippen LogP contribution in [0.3, 0.4) is 0 Å². The number of H-pyrrole nitrogens is 1. The Balaban J connectivity index is 1.93. The molecular weight excluding hydrogens is 306 g/mol. The topological polar surface area (TPSA) is 57.8 Å². The maximum absolute atomic E-state index is 11.5. The Hall–Kier alpha value is -1.62. The third-order valence-electron chi connectivity index (χ3n) is 3.48. The van der Waals surface area contributed by atoms with Gasteiger partial charge in [0.25, 0.3) is 5.56 Å². The van der Waals surface area contributed by atoms with E-state index in [1.165, 1.54) is 17.5 Å². The largest absolute Gasteiger partial charge is 0.362 e. The number of aromatic nitrogens is 2. The first kappa shape index (κ1) is 12.4. The molecule has 2 aromatic rings. The maximum atomic E-state index is 11.5. The fraction of sp³-hybridized carbons (Fsp3) is 0.286. The van der Waals surface area contributed by atoms with Gasteiger partial charge in [0.15, 0.2) is 0 Å². The van der Waals surface area contributed by atoms with E-state index in [4.69, 9.17) is 0 Å². The summed E-state index contributed by atoms with van der Waals surface area (Å²) in [7, 11) is 0. The summed E-state index contributed by atoms with van der Waals surface area (Å²) in [4.78, 5) is 18.3. The normalized spacial score (nSPS) is 17.8. The number of nitrogens with one attached hydrogen (secondary N) is 2. The summed E-state index contributed by atoms with van der Waals surface area (Å²) in [5, 5.41) is 3.37. The Morgan fingerprint density at radius 1 is 1.37 bits per heavy atom. The van der Waals surface area contributed by atoms with E-state index in [0.29, 0.717) is 10.3 Å². The Bertz CT molecular complexity index is 653. The predicted octanol–water partition coefficient (Wildman–Crippen LogP) is 3.02. The van der Waals surface area contributed by atoms with Gasteiger partial charge in [0, 0.05) is 0 Å². The van der Waals surface area contributed by atoms with E-state index in [0.717, 1.165) is 19.3 Å². The smallest absolute Gasteiger partial charge is 0.267 e. The predicted molar refractivity (Wildman–Crippen MR) is 78.3 cm³/mol. The van der Waals surface area contributed by atoms with Crippen LogP contribution in [-0.2, 0) is 6.42 Å². The number of hydrogen-bond acceptors (Lipinski definition) is 3. The fourth-order valence-electron chi connectivity index (χ4n) is 2.55. The van der Waals surface area contributed by atoms with Crippen molar-refractivity contribution in [2.24, 2.45) is 0 Å². The standard InChI is InChI=1S/C14H14BrN3O/c15-12-13(16-8-17-14(12)19)18-11-7-3-5-9-4-1-2-6-10(9)11/h1-2,4,6,8,11H,3,5,7H2,(H2,16,17,18,19). The van der Waals surface area contributed by atoms with Gasteiger partial charge in [0.05, 0.1) is 12.4 Å². The minimum Gasteiger partial charge on any atom is -0.362 e. The van der Waals surface area contributed by atoms with Gasteiger partial charge in [-0.25, -0.2) is 4.98 Å². The number of fused-ring (bicyclic) bond motifs is 1. The van der Waals surface area contributed by atoms with Crippen molar-refractivity contribution in [1.29, 1.82) is 0 Å². The van der Waals surface area contributed by atoms with Gasteiger partial charge in [-0.05, 0) is 46.3 Å². The quantitative estimate of drug-likeness (QED) is 0.894. The van der Waals surface area contributed by atoms with E-state index in [-0.39, 0.29) is 11.6 Å². The minimum absolute atomic E-state index is 0.165. The van der Waals surface area contributed by atoms with Crippen molar-refractivity contribution in [3.63, 3.8) is 0 Å². The molecular formula is C14H14BrN3O. The van der Waals surface area contributed by atoms with Gasteiger partial charge < -0.3 is 10.3 Å². The van der Waals surface area contributed by atoms with Crippen molar-refractivity contribution in [3.8, 4) is 0 Å². The first-order valence-electron chi connectivity index (χ1n) is 6.33. The SMILES string of the molecule is O=c1[nH]cnc(NC2CCCc3ccccc32)c1Br. The number of nitrogens with zero attached hydrogens (tertiary/aromatic N) is 1. The number of aryl methyl sites for hydroxylation is 1. The van der Waals surface area contributed by atoms with Crippen molar-refractivity contribution in [2.45, 2.75) is 25.3 Å². The monoisotopic (exact) mass is 319 g/mol. The van der Waals surface area contributed by atoms with E-state index in [9.17, 15) is 4.79 Å². The zero-order chi connectivity index (χ0) is 13.2. The van der Waals surface area contributed by atoms with E-state index < -0.39 is 0 Å². The van der Waals surface area contributed by atoms with Crippen LogP contribution in [-0.4, -0.2) is 9.97 Å². The molecule has 0 spiro atoms. The van der Waals surface area contributed by atoms with Crippen LogP contribution in [0.5, 0.6) is 0 Å². The van der Waals surface area contributed by atoms with Crippen molar-refractivity contribution >= 4 is 21.7 Å². The van der Waals surface area contributed by atoms with Crippen LogP contribution < -0.4 is 10.9 Å². The highest BCUT2D eigenvalue weighted by Crippen LogP contribution is 2.32. The Labute approximate surface area is 119 Å². The first-order valence-corrected chi connectivity index (χ1v) is 7.12. The number of rotatable bonds is 2.